The lowest BCUT2D eigenvalue weighted by molar-refractivity contribution is 0.0954. The number of hydrogen-bond acceptors (Lipinski definition) is 5. The van der Waals surface area contributed by atoms with E-state index in [1.165, 1.54) is 11.3 Å². The summed E-state index contributed by atoms with van der Waals surface area (Å²) in [6.45, 7) is 2.46. The largest absolute Gasteiger partial charge is 0.354 e. The third kappa shape index (κ3) is 3.08. The third-order valence-electron chi connectivity index (χ3n) is 2.32. The van der Waals surface area contributed by atoms with Gasteiger partial charge in [0, 0.05) is 24.4 Å². The molecule has 2 rings (SSSR count). The Labute approximate surface area is 114 Å². The van der Waals surface area contributed by atoms with Gasteiger partial charge in [-0.15, -0.1) is 22.7 Å². The van der Waals surface area contributed by atoms with Crippen LogP contribution in [0, 0.1) is 6.92 Å². The zero-order valence-electron chi connectivity index (χ0n) is 10.6. The summed E-state index contributed by atoms with van der Waals surface area (Å²) in [6, 6.07) is 3.80. The van der Waals surface area contributed by atoms with Crippen molar-refractivity contribution in [3.8, 4) is 0 Å². The SMILES string of the molecule is Cc1ccc(C(=O)NCc2csc(N(C)C)n2)s1. The first-order valence-corrected chi connectivity index (χ1v) is 7.22. The van der Waals surface area contributed by atoms with E-state index in [1.807, 2.05) is 43.4 Å². The molecule has 2 heterocycles. The normalized spacial score (nSPS) is 10.4. The van der Waals surface area contributed by atoms with Crippen LogP contribution < -0.4 is 10.2 Å². The van der Waals surface area contributed by atoms with E-state index in [0.717, 1.165) is 20.6 Å². The number of aryl methyl sites for hydroxylation is 1. The highest BCUT2D eigenvalue weighted by Crippen LogP contribution is 2.18. The summed E-state index contributed by atoms with van der Waals surface area (Å²) in [4.78, 5) is 20.1. The first kappa shape index (κ1) is 13.0. The highest BCUT2D eigenvalue weighted by molar-refractivity contribution is 7.14. The van der Waals surface area contributed by atoms with Crippen molar-refractivity contribution in [2.24, 2.45) is 0 Å². The Morgan fingerprint density at radius 2 is 2.22 bits per heavy atom. The number of anilines is 1. The van der Waals surface area contributed by atoms with Crippen molar-refractivity contribution < 1.29 is 4.79 Å². The van der Waals surface area contributed by atoms with Gasteiger partial charge in [0.05, 0.1) is 17.1 Å². The minimum atomic E-state index is -0.0347. The number of rotatable bonds is 4. The van der Waals surface area contributed by atoms with Gasteiger partial charge in [0.1, 0.15) is 0 Å². The van der Waals surface area contributed by atoms with Crippen LogP contribution in [-0.4, -0.2) is 25.0 Å². The van der Waals surface area contributed by atoms with Gasteiger partial charge >= 0.3 is 0 Å². The standard InChI is InChI=1S/C12H15N3OS2/c1-8-4-5-10(18-8)11(16)13-6-9-7-17-12(14-9)15(2)3/h4-5,7H,6H2,1-3H3,(H,13,16). The molecule has 0 saturated carbocycles. The van der Waals surface area contributed by atoms with E-state index in [1.54, 1.807) is 11.3 Å². The van der Waals surface area contributed by atoms with Crippen molar-refractivity contribution in [3.05, 3.63) is 33.0 Å². The molecule has 0 spiro atoms. The molecule has 4 nitrogen and oxygen atoms in total. The molecule has 0 unspecified atom stereocenters. The van der Waals surface area contributed by atoms with Crippen LogP contribution in [0.5, 0.6) is 0 Å². The molecule has 0 radical (unpaired) electrons. The van der Waals surface area contributed by atoms with E-state index in [0.29, 0.717) is 6.54 Å². The lowest BCUT2D eigenvalue weighted by Gasteiger charge is -2.05. The van der Waals surface area contributed by atoms with Crippen LogP contribution in [0.4, 0.5) is 5.13 Å². The number of nitrogens with zero attached hydrogens (tertiary/aromatic N) is 2. The van der Waals surface area contributed by atoms with Crippen LogP contribution in [0.2, 0.25) is 0 Å². The van der Waals surface area contributed by atoms with Crippen LogP contribution in [-0.2, 0) is 6.54 Å². The van der Waals surface area contributed by atoms with Gasteiger partial charge in [0.25, 0.3) is 5.91 Å². The van der Waals surface area contributed by atoms with Gasteiger partial charge in [-0.05, 0) is 19.1 Å². The van der Waals surface area contributed by atoms with Crippen LogP contribution in [0.25, 0.3) is 0 Å². The van der Waals surface area contributed by atoms with E-state index in [-0.39, 0.29) is 5.91 Å². The van der Waals surface area contributed by atoms with Gasteiger partial charge in [0.2, 0.25) is 0 Å². The summed E-state index contributed by atoms with van der Waals surface area (Å²) in [5, 5.41) is 5.80. The summed E-state index contributed by atoms with van der Waals surface area (Å²) in [6.07, 6.45) is 0. The number of aromatic nitrogens is 1. The molecule has 0 aromatic carbocycles. The lowest BCUT2D eigenvalue weighted by Crippen LogP contribution is -2.22. The van der Waals surface area contributed by atoms with Gasteiger partial charge < -0.3 is 10.2 Å². The van der Waals surface area contributed by atoms with E-state index < -0.39 is 0 Å². The molecule has 0 fully saturated rings. The molecule has 1 amide bonds. The number of amides is 1. The number of thiazole rings is 1. The summed E-state index contributed by atoms with van der Waals surface area (Å²) >= 11 is 3.08. The van der Waals surface area contributed by atoms with Crippen LogP contribution in [0.1, 0.15) is 20.2 Å². The summed E-state index contributed by atoms with van der Waals surface area (Å²) in [7, 11) is 3.91. The van der Waals surface area contributed by atoms with E-state index in [2.05, 4.69) is 10.3 Å². The highest BCUT2D eigenvalue weighted by Gasteiger charge is 2.09. The van der Waals surface area contributed by atoms with E-state index >= 15 is 0 Å². The third-order valence-corrected chi connectivity index (χ3v) is 4.37. The lowest BCUT2D eigenvalue weighted by atomic mass is 10.4. The minimum Gasteiger partial charge on any atom is -0.354 e. The van der Waals surface area contributed by atoms with Gasteiger partial charge in [0.15, 0.2) is 5.13 Å². The Hall–Kier alpha value is -1.40. The molecule has 2 aromatic rings. The van der Waals surface area contributed by atoms with Crippen molar-refractivity contribution in [1.29, 1.82) is 0 Å². The van der Waals surface area contributed by atoms with Crippen molar-refractivity contribution in [1.82, 2.24) is 10.3 Å². The molecule has 0 saturated heterocycles. The predicted molar refractivity (Wildman–Crippen MR) is 76.7 cm³/mol. The molecule has 2 aromatic heterocycles. The maximum atomic E-state index is 11.8. The Kier molecular flexibility index (Phi) is 3.98. The maximum absolute atomic E-state index is 11.8. The number of carbonyl (C=O) groups is 1. The molecule has 0 aliphatic carbocycles. The predicted octanol–water partition coefficient (Wildman–Crippen LogP) is 2.51. The molecule has 0 atom stereocenters. The topological polar surface area (TPSA) is 45.2 Å². The monoisotopic (exact) mass is 281 g/mol. The molecule has 96 valence electrons. The van der Waals surface area contributed by atoms with Crippen molar-refractivity contribution in [3.63, 3.8) is 0 Å². The van der Waals surface area contributed by atoms with Crippen LogP contribution >= 0.6 is 22.7 Å². The van der Waals surface area contributed by atoms with Crippen molar-refractivity contribution in [2.45, 2.75) is 13.5 Å². The zero-order chi connectivity index (χ0) is 13.1. The average molecular weight is 281 g/mol. The molecular formula is C12H15N3OS2. The summed E-state index contributed by atoms with van der Waals surface area (Å²) < 4.78 is 0. The van der Waals surface area contributed by atoms with Crippen LogP contribution in [0.3, 0.4) is 0 Å². The van der Waals surface area contributed by atoms with Gasteiger partial charge in [-0.3, -0.25) is 4.79 Å². The molecule has 1 N–H and O–H groups in total. The second-order valence-corrected chi connectivity index (χ2v) is 6.23. The number of thiophene rings is 1. The Bertz CT molecular complexity index is 545. The molecule has 6 heteroatoms. The van der Waals surface area contributed by atoms with Gasteiger partial charge in [-0.25, -0.2) is 4.98 Å². The van der Waals surface area contributed by atoms with Crippen LogP contribution in [0.15, 0.2) is 17.5 Å². The van der Waals surface area contributed by atoms with Gasteiger partial charge in [-0.1, -0.05) is 0 Å². The molecule has 18 heavy (non-hydrogen) atoms. The van der Waals surface area contributed by atoms with E-state index in [4.69, 9.17) is 0 Å². The Balaban J connectivity index is 1.93. The Morgan fingerprint density at radius 3 is 2.78 bits per heavy atom. The Morgan fingerprint density at radius 1 is 1.44 bits per heavy atom. The van der Waals surface area contributed by atoms with Crippen molar-refractivity contribution >= 4 is 33.7 Å². The molecule has 0 aliphatic heterocycles. The minimum absolute atomic E-state index is 0.0347. The second kappa shape index (κ2) is 5.49. The zero-order valence-corrected chi connectivity index (χ0v) is 12.2. The average Bonchev–Trinajstić information content (AvgIpc) is 2.94. The second-order valence-electron chi connectivity index (χ2n) is 4.11. The fourth-order valence-corrected chi connectivity index (χ4v) is 2.94. The summed E-state index contributed by atoms with van der Waals surface area (Å²) in [5.74, 6) is -0.0347. The van der Waals surface area contributed by atoms with Crippen molar-refractivity contribution in [2.75, 3.05) is 19.0 Å². The number of hydrogen-bond donors (Lipinski definition) is 1. The number of nitrogens with one attached hydrogen (secondary N) is 1. The quantitative estimate of drug-likeness (QED) is 0.936. The first-order chi connectivity index (χ1) is 8.56. The van der Waals surface area contributed by atoms with Gasteiger partial charge in [-0.2, -0.15) is 0 Å². The number of carbonyl (C=O) groups excluding carboxylic acids is 1. The molecule has 0 aliphatic rings. The smallest absolute Gasteiger partial charge is 0.261 e. The first-order valence-electron chi connectivity index (χ1n) is 5.52. The van der Waals surface area contributed by atoms with E-state index in [9.17, 15) is 4.79 Å². The fraction of sp³-hybridized carbons (Fsp3) is 0.333. The fourth-order valence-electron chi connectivity index (χ4n) is 1.40. The maximum Gasteiger partial charge on any atom is 0.261 e. The highest BCUT2D eigenvalue weighted by atomic mass is 32.1. The molecular weight excluding hydrogens is 266 g/mol. The summed E-state index contributed by atoms with van der Waals surface area (Å²) in [5.41, 5.74) is 0.894. The molecule has 0 bridgehead atoms.